The van der Waals surface area contributed by atoms with Gasteiger partial charge >= 0.3 is 0 Å². The fraction of sp³-hybridized carbons (Fsp3) is 0.462. The SMILES string of the molecule is COc1cc(C(=O)NC(C)(C)c2c(C)noc2C)on1. The highest BCUT2D eigenvalue weighted by Crippen LogP contribution is 2.27. The van der Waals surface area contributed by atoms with Gasteiger partial charge in [0, 0.05) is 5.56 Å². The second kappa shape index (κ2) is 4.99. The third-order valence-electron chi connectivity index (χ3n) is 3.01. The first-order chi connectivity index (χ1) is 9.35. The van der Waals surface area contributed by atoms with Crippen molar-refractivity contribution < 1.29 is 18.6 Å². The lowest BCUT2D eigenvalue weighted by molar-refractivity contribution is 0.0873. The molecule has 20 heavy (non-hydrogen) atoms. The highest BCUT2D eigenvalue weighted by Gasteiger charge is 2.31. The molecule has 0 aliphatic heterocycles. The summed E-state index contributed by atoms with van der Waals surface area (Å²) in [6.45, 7) is 7.37. The molecule has 0 radical (unpaired) electrons. The quantitative estimate of drug-likeness (QED) is 0.920. The van der Waals surface area contributed by atoms with Crippen LogP contribution in [-0.4, -0.2) is 23.3 Å². The topological polar surface area (TPSA) is 90.4 Å². The van der Waals surface area contributed by atoms with Gasteiger partial charge in [0.05, 0.1) is 24.4 Å². The van der Waals surface area contributed by atoms with Gasteiger partial charge in [0.2, 0.25) is 5.76 Å². The number of carbonyl (C=O) groups is 1. The number of hydrogen-bond donors (Lipinski definition) is 1. The first-order valence-electron chi connectivity index (χ1n) is 6.11. The van der Waals surface area contributed by atoms with Crippen LogP contribution < -0.4 is 10.1 Å². The summed E-state index contributed by atoms with van der Waals surface area (Å²) in [5, 5.41) is 10.4. The van der Waals surface area contributed by atoms with Crippen LogP contribution in [0.4, 0.5) is 0 Å². The maximum absolute atomic E-state index is 12.2. The molecular formula is C13H17N3O4. The van der Waals surface area contributed by atoms with Gasteiger partial charge in [-0.05, 0) is 32.9 Å². The highest BCUT2D eigenvalue weighted by atomic mass is 16.5. The van der Waals surface area contributed by atoms with E-state index in [2.05, 4.69) is 15.6 Å². The highest BCUT2D eigenvalue weighted by molar-refractivity contribution is 5.92. The van der Waals surface area contributed by atoms with Crippen molar-refractivity contribution in [2.75, 3.05) is 7.11 Å². The number of amides is 1. The van der Waals surface area contributed by atoms with Gasteiger partial charge < -0.3 is 19.1 Å². The minimum atomic E-state index is -0.648. The number of nitrogens with one attached hydrogen (secondary N) is 1. The minimum Gasteiger partial charge on any atom is -0.479 e. The second-order valence-electron chi connectivity index (χ2n) is 5.01. The van der Waals surface area contributed by atoms with Crippen LogP contribution in [0.25, 0.3) is 0 Å². The van der Waals surface area contributed by atoms with Crippen LogP contribution in [0.15, 0.2) is 15.1 Å². The number of hydrogen-bond acceptors (Lipinski definition) is 6. The molecule has 7 heteroatoms. The Morgan fingerprint density at radius 3 is 2.50 bits per heavy atom. The largest absolute Gasteiger partial charge is 0.479 e. The maximum atomic E-state index is 12.2. The van der Waals surface area contributed by atoms with Gasteiger partial charge in [-0.15, -0.1) is 0 Å². The Bertz CT molecular complexity index is 608. The van der Waals surface area contributed by atoms with E-state index in [4.69, 9.17) is 13.8 Å². The summed E-state index contributed by atoms with van der Waals surface area (Å²) in [6, 6.07) is 1.43. The van der Waals surface area contributed by atoms with Crippen molar-refractivity contribution in [3.8, 4) is 5.88 Å². The number of aromatic nitrogens is 2. The molecule has 0 saturated heterocycles. The Labute approximate surface area is 116 Å². The molecule has 0 fully saturated rings. The predicted molar refractivity (Wildman–Crippen MR) is 69.5 cm³/mol. The average Bonchev–Trinajstić information content (AvgIpc) is 2.95. The maximum Gasteiger partial charge on any atom is 0.290 e. The third-order valence-corrected chi connectivity index (χ3v) is 3.01. The first kappa shape index (κ1) is 14.1. The molecule has 0 saturated carbocycles. The lowest BCUT2D eigenvalue weighted by atomic mass is 9.92. The van der Waals surface area contributed by atoms with E-state index in [1.54, 1.807) is 6.92 Å². The van der Waals surface area contributed by atoms with Crippen molar-refractivity contribution in [3.63, 3.8) is 0 Å². The fourth-order valence-electron chi connectivity index (χ4n) is 2.25. The molecule has 0 atom stereocenters. The first-order valence-corrected chi connectivity index (χ1v) is 6.11. The van der Waals surface area contributed by atoms with Gasteiger partial charge in [0.25, 0.3) is 11.8 Å². The molecule has 7 nitrogen and oxygen atoms in total. The lowest BCUT2D eigenvalue weighted by Gasteiger charge is -2.25. The van der Waals surface area contributed by atoms with Gasteiger partial charge in [0.15, 0.2) is 0 Å². The number of methoxy groups -OCH3 is 1. The molecule has 1 N–H and O–H groups in total. The molecule has 0 aromatic carbocycles. The van der Waals surface area contributed by atoms with Crippen LogP contribution in [0.2, 0.25) is 0 Å². The van der Waals surface area contributed by atoms with E-state index in [-0.39, 0.29) is 17.5 Å². The van der Waals surface area contributed by atoms with Gasteiger partial charge in [-0.3, -0.25) is 4.79 Å². The van der Waals surface area contributed by atoms with Crippen molar-refractivity contribution in [2.45, 2.75) is 33.2 Å². The molecule has 0 unspecified atom stereocenters. The van der Waals surface area contributed by atoms with Crippen molar-refractivity contribution in [3.05, 3.63) is 28.8 Å². The molecular weight excluding hydrogens is 262 g/mol. The van der Waals surface area contributed by atoms with E-state index in [0.717, 1.165) is 11.3 Å². The number of rotatable bonds is 4. The van der Waals surface area contributed by atoms with Crippen LogP contribution >= 0.6 is 0 Å². The van der Waals surface area contributed by atoms with Crippen LogP contribution in [0.5, 0.6) is 5.88 Å². The average molecular weight is 279 g/mol. The Morgan fingerprint density at radius 2 is 2.00 bits per heavy atom. The molecule has 2 aromatic rings. The lowest BCUT2D eigenvalue weighted by Crippen LogP contribution is -2.41. The number of ether oxygens (including phenoxy) is 1. The molecule has 0 aliphatic rings. The van der Waals surface area contributed by atoms with E-state index in [1.165, 1.54) is 13.2 Å². The Balaban J connectivity index is 2.22. The minimum absolute atomic E-state index is 0.0849. The van der Waals surface area contributed by atoms with Gasteiger partial charge in [0.1, 0.15) is 5.76 Å². The van der Waals surface area contributed by atoms with Crippen LogP contribution in [-0.2, 0) is 5.54 Å². The molecule has 2 aromatic heterocycles. The van der Waals surface area contributed by atoms with Crippen LogP contribution in [0, 0.1) is 13.8 Å². The zero-order valence-corrected chi connectivity index (χ0v) is 12.1. The van der Waals surface area contributed by atoms with Crippen molar-refractivity contribution in [1.29, 1.82) is 0 Å². The summed E-state index contributed by atoms with van der Waals surface area (Å²) >= 11 is 0. The normalized spacial score (nSPS) is 11.4. The molecule has 2 rings (SSSR count). The van der Waals surface area contributed by atoms with Crippen LogP contribution in [0.3, 0.4) is 0 Å². The van der Waals surface area contributed by atoms with Crippen LogP contribution in [0.1, 0.15) is 41.4 Å². The van der Waals surface area contributed by atoms with E-state index >= 15 is 0 Å². The van der Waals surface area contributed by atoms with E-state index in [0.29, 0.717) is 5.76 Å². The second-order valence-corrected chi connectivity index (χ2v) is 5.01. The van der Waals surface area contributed by atoms with E-state index in [9.17, 15) is 4.79 Å². The number of aryl methyl sites for hydroxylation is 2. The molecule has 0 bridgehead atoms. The van der Waals surface area contributed by atoms with E-state index < -0.39 is 5.54 Å². The third kappa shape index (κ3) is 2.52. The fourth-order valence-corrected chi connectivity index (χ4v) is 2.25. The van der Waals surface area contributed by atoms with Crippen molar-refractivity contribution in [1.82, 2.24) is 15.6 Å². The predicted octanol–water partition coefficient (Wildman–Crippen LogP) is 1.95. The van der Waals surface area contributed by atoms with Crippen molar-refractivity contribution in [2.24, 2.45) is 0 Å². The van der Waals surface area contributed by atoms with E-state index in [1.807, 2.05) is 20.8 Å². The summed E-state index contributed by atoms with van der Waals surface area (Å²) in [6.07, 6.45) is 0. The Kier molecular flexibility index (Phi) is 3.52. The molecule has 1 amide bonds. The summed E-state index contributed by atoms with van der Waals surface area (Å²) in [7, 11) is 1.45. The summed E-state index contributed by atoms with van der Waals surface area (Å²) in [5.74, 6) is 0.626. The Hall–Kier alpha value is -2.31. The number of nitrogens with zero attached hydrogens (tertiary/aromatic N) is 2. The molecule has 108 valence electrons. The monoisotopic (exact) mass is 279 g/mol. The van der Waals surface area contributed by atoms with Crippen molar-refractivity contribution >= 4 is 5.91 Å². The molecule has 0 aliphatic carbocycles. The zero-order valence-electron chi connectivity index (χ0n) is 12.1. The summed E-state index contributed by atoms with van der Waals surface area (Å²) < 4.78 is 14.9. The summed E-state index contributed by atoms with van der Waals surface area (Å²) in [5.41, 5.74) is 0.936. The van der Waals surface area contributed by atoms with Gasteiger partial charge in [-0.1, -0.05) is 5.16 Å². The molecule has 0 spiro atoms. The number of carbonyl (C=O) groups excluding carboxylic acids is 1. The van der Waals surface area contributed by atoms with Gasteiger partial charge in [-0.2, -0.15) is 0 Å². The summed E-state index contributed by atoms with van der Waals surface area (Å²) in [4.78, 5) is 12.2. The van der Waals surface area contributed by atoms with Gasteiger partial charge in [-0.25, -0.2) is 0 Å². The Morgan fingerprint density at radius 1 is 1.30 bits per heavy atom. The smallest absolute Gasteiger partial charge is 0.290 e. The standard InChI is InChI=1S/C13H17N3O4/c1-7-11(8(2)19-15-7)13(3,4)14-12(17)9-6-10(18-5)16-20-9/h6H,1-5H3,(H,14,17). The zero-order chi connectivity index (χ0) is 14.9. The molecule has 2 heterocycles.